The van der Waals surface area contributed by atoms with Crippen molar-refractivity contribution >= 4 is 16.7 Å². The van der Waals surface area contributed by atoms with Gasteiger partial charge in [-0.25, -0.2) is 0 Å². The van der Waals surface area contributed by atoms with Crippen LogP contribution < -0.4 is 5.73 Å². The fourth-order valence-corrected chi connectivity index (χ4v) is 2.94. The second-order valence-electron chi connectivity index (χ2n) is 4.58. The van der Waals surface area contributed by atoms with Crippen LogP contribution in [0.25, 0.3) is 11.1 Å². The number of hydrogen-bond donors (Lipinski definition) is 1. The van der Waals surface area contributed by atoms with Gasteiger partial charge in [0.25, 0.3) is 0 Å². The summed E-state index contributed by atoms with van der Waals surface area (Å²) in [7, 11) is -1.29. The van der Waals surface area contributed by atoms with Crippen molar-refractivity contribution in [2.24, 2.45) is 5.73 Å². The number of benzene rings is 2. The summed E-state index contributed by atoms with van der Waals surface area (Å²) in [6.45, 7) is 0. The minimum Gasteiger partial charge on any atom is -0.369 e. The highest BCUT2D eigenvalue weighted by molar-refractivity contribution is 7.84. The smallest absolute Gasteiger partial charge is 0.230 e. The van der Waals surface area contributed by atoms with E-state index in [1.54, 1.807) is 12.1 Å². The number of hydrogen-bond acceptors (Lipinski definition) is 3. The lowest BCUT2D eigenvalue weighted by Gasteiger charge is -2.05. The monoisotopic (exact) mass is 298 g/mol. The first-order chi connectivity index (χ1) is 10.1. The number of nitrogens with zero attached hydrogens (tertiary/aromatic N) is 1. The van der Waals surface area contributed by atoms with Crippen molar-refractivity contribution in [2.45, 2.75) is 5.75 Å². The van der Waals surface area contributed by atoms with Gasteiger partial charge in [0.15, 0.2) is 0 Å². The molecule has 1 amide bonds. The summed E-state index contributed by atoms with van der Waals surface area (Å²) in [5.74, 6) is -0.384. The highest BCUT2D eigenvalue weighted by atomic mass is 32.2. The second kappa shape index (κ2) is 6.82. The molecular weight excluding hydrogens is 284 g/mol. The maximum absolute atomic E-state index is 11.7. The first-order valence-electron chi connectivity index (χ1n) is 6.31. The van der Waals surface area contributed by atoms with Gasteiger partial charge in [-0.3, -0.25) is 9.00 Å². The molecule has 0 bridgehead atoms. The van der Waals surface area contributed by atoms with E-state index in [0.717, 1.165) is 16.7 Å². The van der Waals surface area contributed by atoms with Crippen molar-refractivity contribution in [3.05, 3.63) is 59.7 Å². The van der Waals surface area contributed by atoms with Crippen LogP contribution in [0.4, 0.5) is 0 Å². The zero-order valence-corrected chi connectivity index (χ0v) is 12.1. The van der Waals surface area contributed by atoms with Crippen LogP contribution in [0.1, 0.15) is 11.1 Å². The molecule has 2 aromatic carbocycles. The van der Waals surface area contributed by atoms with Crippen LogP contribution in [0, 0.1) is 11.3 Å². The number of nitriles is 1. The van der Waals surface area contributed by atoms with Gasteiger partial charge >= 0.3 is 0 Å². The SMILES string of the molecule is N#Cc1ccc(-c2cccc(CS(=O)CC(N)=O)c2)cc1. The molecule has 0 spiro atoms. The number of carbonyl (C=O) groups is 1. The Hall–Kier alpha value is -2.45. The second-order valence-corrected chi connectivity index (χ2v) is 6.04. The van der Waals surface area contributed by atoms with E-state index in [2.05, 4.69) is 6.07 Å². The van der Waals surface area contributed by atoms with Crippen molar-refractivity contribution < 1.29 is 9.00 Å². The molecule has 21 heavy (non-hydrogen) atoms. The molecule has 106 valence electrons. The molecule has 2 aromatic rings. The standard InChI is InChI=1S/C16H14N2O2S/c17-9-12-4-6-14(7-5-12)15-3-1-2-13(8-15)10-21(20)11-16(18)19/h1-8H,10-11H2,(H2,18,19). The van der Waals surface area contributed by atoms with E-state index < -0.39 is 16.7 Å². The lowest BCUT2D eigenvalue weighted by molar-refractivity contribution is -0.115. The highest BCUT2D eigenvalue weighted by Gasteiger charge is 2.06. The predicted molar refractivity (Wildman–Crippen MR) is 82.5 cm³/mol. The van der Waals surface area contributed by atoms with Gasteiger partial charge in [-0.05, 0) is 28.8 Å². The Labute approximate surface area is 125 Å². The third-order valence-corrected chi connectivity index (χ3v) is 4.17. The summed E-state index contributed by atoms with van der Waals surface area (Å²) in [5, 5.41) is 8.79. The van der Waals surface area contributed by atoms with Crippen molar-refractivity contribution in [3.63, 3.8) is 0 Å². The molecule has 1 atom stereocenters. The summed E-state index contributed by atoms with van der Waals surface area (Å²) >= 11 is 0. The maximum Gasteiger partial charge on any atom is 0.230 e. The van der Waals surface area contributed by atoms with Crippen molar-refractivity contribution in [3.8, 4) is 17.2 Å². The van der Waals surface area contributed by atoms with Crippen LogP contribution >= 0.6 is 0 Å². The number of primary amides is 1. The van der Waals surface area contributed by atoms with E-state index in [4.69, 9.17) is 11.0 Å². The van der Waals surface area contributed by atoms with Crippen LogP contribution in [0.3, 0.4) is 0 Å². The van der Waals surface area contributed by atoms with Crippen LogP contribution in [0.2, 0.25) is 0 Å². The lowest BCUT2D eigenvalue weighted by atomic mass is 10.0. The molecule has 0 aliphatic heterocycles. The summed E-state index contributed by atoms with van der Waals surface area (Å²) in [4.78, 5) is 10.8. The summed E-state index contributed by atoms with van der Waals surface area (Å²) in [5.41, 5.74) is 8.49. The normalized spacial score (nSPS) is 11.6. The number of amides is 1. The molecule has 0 saturated carbocycles. The maximum atomic E-state index is 11.7. The molecule has 1 unspecified atom stereocenters. The van der Waals surface area contributed by atoms with Gasteiger partial charge in [0.2, 0.25) is 5.91 Å². The van der Waals surface area contributed by atoms with E-state index in [1.807, 2.05) is 36.4 Å². The first-order valence-corrected chi connectivity index (χ1v) is 7.80. The van der Waals surface area contributed by atoms with Gasteiger partial charge in [-0.1, -0.05) is 36.4 Å². The average molecular weight is 298 g/mol. The highest BCUT2D eigenvalue weighted by Crippen LogP contribution is 2.21. The Kier molecular flexibility index (Phi) is 4.85. The van der Waals surface area contributed by atoms with Crippen LogP contribution in [-0.4, -0.2) is 15.9 Å². The molecular formula is C16H14N2O2S. The molecule has 2 N–H and O–H groups in total. The van der Waals surface area contributed by atoms with Crippen molar-refractivity contribution in [2.75, 3.05) is 5.75 Å². The third-order valence-electron chi connectivity index (χ3n) is 2.91. The summed E-state index contributed by atoms with van der Waals surface area (Å²) < 4.78 is 11.7. The minimum atomic E-state index is -1.29. The molecule has 0 heterocycles. The van der Waals surface area contributed by atoms with Gasteiger partial charge in [0, 0.05) is 16.6 Å². The zero-order chi connectivity index (χ0) is 15.2. The summed E-state index contributed by atoms with van der Waals surface area (Å²) in [6, 6.07) is 17.0. The lowest BCUT2D eigenvalue weighted by Crippen LogP contribution is -2.20. The average Bonchev–Trinajstić information content (AvgIpc) is 2.46. The van der Waals surface area contributed by atoms with Crippen LogP contribution in [0.15, 0.2) is 48.5 Å². The van der Waals surface area contributed by atoms with Gasteiger partial charge in [-0.15, -0.1) is 0 Å². The summed E-state index contributed by atoms with van der Waals surface area (Å²) in [6.07, 6.45) is 0. The van der Waals surface area contributed by atoms with E-state index in [0.29, 0.717) is 11.3 Å². The van der Waals surface area contributed by atoms with Gasteiger partial charge in [0.1, 0.15) is 5.75 Å². The molecule has 2 rings (SSSR count). The molecule has 0 aliphatic rings. The number of carbonyl (C=O) groups excluding carboxylic acids is 1. The molecule has 0 saturated heterocycles. The van der Waals surface area contributed by atoms with Gasteiger partial charge in [0.05, 0.1) is 11.6 Å². The number of nitrogens with two attached hydrogens (primary N) is 1. The Morgan fingerprint density at radius 1 is 1.14 bits per heavy atom. The Bertz CT molecular complexity index is 718. The molecule has 5 heteroatoms. The molecule has 0 aromatic heterocycles. The minimum absolute atomic E-state index is 0.124. The van der Waals surface area contributed by atoms with Crippen molar-refractivity contribution in [1.82, 2.24) is 0 Å². The predicted octanol–water partition coefficient (Wildman–Crippen LogP) is 1.96. The van der Waals surface area contributed by atoms with E-state index in [1.165, 1.54) is 0 Å². The Morgan fingerprint density at radius 2 is 1.86 bits per heavy atom. The quantitative estimate of drug-likeness (QED) is 0.915. The van der Waals surface area contributed by atoms with Gasteiger partial charge in [-0.2, -0.15) is 5.26 Å². The van der Waals surface area contributed by atoms with Gasteiger partial charge < -0.3 is 5.73 Å². The Morgan fingerprint density at radius 3 is 2.48 bits per heavy atom. The zero-order valence-electron chi connectivity index (χ0n) is 11.3. The third kappa shape index (κ3) is 4.26. The van der Waals surface area contributed by atoms with Crippen molar-refractivity contribution in [1.29, 1.82) is 5.26 Å². The molecule has 4 nitrogen and oxygen atoms in total. The van der Waals surface area contributed by atoms with Crippen LogP contribution in [0.5, 0.6) is 0 Å². The van der Waals surface area contributed by atoms with Crippen LogP contribution in [-0.2, 0) is 21.3 Å². The molecule has 0 radical (unpaired) electrons. The Balaban J connectivity index is 2.19. The topological polar surface area (TPSA) is 83.9 Å². The fourth-order valence-electron chi connectivity index (χ4n) is 1.97. The van der Waals surface area contributed by atoms with E-state index in [-0.39, 0.29) is 5.75 Å². The molecule has 0 fully saturated rings. The fraction of sp³-hybridized carbons (Fsp3) is 0.125. The molecule has 0 aliphatic carbocycles. The first kappa shape index (κ1) is 14.9. The largest absolute Gasteiger partial charge is 0.369 e. The van der Waals surface area contributed by atoms with E-state index >= 15 is 0 Å². The number of rotatable bonds is 5. The van der Waals surface area contributed by atoms with E-state index in [9.17, 15) is 9.00 Å².